The zero-order valence-electron chi connectivity index (χ0n) is 9.56. The summed E-state index contributed by atoms with van der Waals surface area (Å²) in [6.45, 7) is 3.64. The molecule has 0 spiro atoms. The zero-order chi connectivity index (χ0) is 12.0. The van der Waals surface area contributed by atoms with Gasteiger partial charge in [-0.25, -0.2) is 0 Å². The van der Waals surface area contributed by atoms with Crippen LogP contribution in [0.3, 0.4) is 0 Å². The average molecular weight is 223 g/mol. The lowest BCUT2D eigenvalue weighted by atomic mass is 10.0. The number of hydrogen-bond donors (Lipinski definition) is 2. The van der Waals surface area contributed by atoms with Crippen LogP contribution in [0.4, 0.5) is 0 Å². The first-order chi connectivity index (χ1) is 7.76. The van der Waals surface area contributed by atoms with E-state index in [9.17, 15) is 0 Å². The molecule has 0 fully saturated rings. The van der Waals surface area contributed by atoms with E-state index < -0.39 is 0 Å². The van der Waals surface area contributed by atoms with E-state index in [0.717, 1.165) is 5.56 Å². The Bertz CT molecular complexity index is 352. The molecule has 0 aliphatic heterocycles. The molecule has 1 atom stereocenters. The van der Waals surface area contributed by atoms with Gasteiger partial charge in [0.15, 0.2) is 11.5 Å². The van der Waals surface area contributed by atoms with Crippen molar-refractivity contribution in [1.29, 1.82) is 0 Å². The maximum absolute atomic E-state index is 9.03. The van der Waals surface area contributed by atoms with E-state index in [4.69, 9.17) is 14.7 Å². The molecule has 0 aromatic heterocycles. The van der Waals surface area contributed by atoms with Crippen molar-refractivity contribution in [2.75, 3.05) is 14.2 Å². The third-order valence-corrected chi connectivity index (χ3v) is 2.37. The molecule has 0 aliphatic rings. The monoisotopic (exact) mass is 223 g/mol. The second-order valence-electron chi connectivity index (χ2n) is 3.32. The summed E-state index contributed by atoms with van der Waals surface area (Å²) < 4.78 is 10.3. The van der Waals surface area contributed by atoms with Crippen LogP contribution in [-0.2, 0) is 0 Å². The van der Waals surface area contributed by atoms with Gasteiger partial charge in [-0.1, -0.05) is 12.1 Å². The maximum atomic E-state index is 9.03. The topological polar surface area (TPSA) is 50.7 Å². The van der Waals surface area contributed by atoms with Crippen molar-refractivity contribution >= 4 is 0 Å². The third-order valence-electron chi connectivity index (χ3n) is 2.37. The highest BCUT2D eigenvalue weighted by Crippen LogP contribution is 2.30. The van der Waals surface area contributed by atoms with Crippen LogP contribution >= 0.6 is 0 Å². The average Bonchev–Trinajstić information content (AvgIpc) is 2.35. The zero-order valence-corrected chi connectivity index (χ0v) is 9.56. The van der Waals surface area contributed by atoms with Crippen LogP contribution in [0.25, 0.3) is 0 Å². The molecule has 0 heterocycles. The summed E-state index contributed by atoms with van der Waals surface area (Å²) in [5.41, 5.74) is 3.16. The fourth-order valence-electron chi connectivity index (χ4n) is 1.50. The maximum Gasteiger partial charge on any atom is 0.161 e. The van der Waals surface area contributed by atoms with Crippen molar-refractivity contribution in [3.8, 4) is 11.5 Å². The highest BCUT2D eigenvalue weighted by molar-refractivity contribution is 5.43. The molecule has 0 saturated heterocycles. The van der Waals surface area contributed by atoms with Crippen molar-refractivity contribution in [3.63, 3.8) is 0 Å². The van der Waals surface area contributed by atoms with Crippen molar-refractivity contribution in [3.05, 3.63) is 36.4 Å². The van der Waals surface area contributed by atoms with E-state index in [1.807, 2.05) is 18.2 Å². The van der Waals surface area contributed by atoms with Crippen LogP contribution in [0.1, 0.15) is 18.0 Å². The lowest BCUT2D eigenvalue weighted by Crippen LogP contribution is -2.16. The third kappa shape index (κ3) is 2.74. The summed E-state index contributed by atoms with van der Waals surface area (Å²) in [4.78, 5) is 0. The first kappa shape index (κ1) is 12.5. The SMILES string of the molecule is C=CCC(NO)c1ccc(OC)c(OC)c1. The Balaban J connectivity index is 3.00. The standard InChI is InChI=1S/C12H17NO3/c1-4-5-10(13-14)9-6-7-11(15-2)12(8-9)16-3/h4,6-8,10,13-14H,1,5H2,2-3H3. The predicted octanol–water partition coefficient (Wildman–Crippen LogP) is 2.30. The number of hydrogen-bond acceptors (Lipinski definition) is 4. The van der Waals surface area contributed by atoms with Gasteiger partial charge in [-0.05, 0) is 24.1 Å². The van der Waals surface area contributed by atoms with Gasteiger partial charge in [0.25, 0.3) is 0 Å². The van der Waals surface area contributed by atoms with Crippen LogP contribution in [0.5, 0.6) is 11.5 Å². The van der Waals surface area contributed by atoms with E-state index >= 15 is 0 Å². The molecule has 88 valence electrons. The molecular weight excluding hydrogens is 206 g/mol. The predicted molar refractivity (Wildman–Crippen MR) is 62.0 cm³/mol. The van der Waals surface area contributed by atoms with Gasteiger partial charge >= 0.3 is 0 Å². The minimum atomic E-state index is -0.183. The van der Waals surface area contributed by atoms with Gasteiger partial charge in [-0.15, -0.1) is 6.58 Å². The lowest BCUT2D eigenvalue weighted by molar-refractivity contribution is 0.127. The molecule has 0 saturated carbocycles. The second-order valence-corrected chi connectivity index (χ2v) is 3.32. The first-order valence-corrected chi connectivity index (χ1v) is 4.99. The minimum Gasteiger partial charge on any atom is -0.493 e. The van der Waals surface area contributed by atoms with Crippen LogP contribution in [0, 0.1) is 0 Å². The van der Waals surface area contributed by atoms with Crippen molar-refractivity contribution in [1.82, 2.24) is 5.48 Å². The van der Waals surface area contributed by atoms with Crippen LogP contribution in [0.2, 0.25) is 0 Å². The molecule has 0 radical (unpaired) electrons. The van der Waals surface area contributed by atoms with Crippen LogP contribution < -0.4 is 15.0 Å². The summed E-state index contributed by atoms with van der Waals surface area (Å²) >= 11 is 0. The fourth-order valence-corrected chi connectivity index (χ4v) is 1.50. The Morgan fingerprint density at radius 3 is 2.56 bits per heavy atom. The highest BCUT2D eigenvalue weighted by Gasteiger charge is 2.11. The summed E-state index contributed by atoms with van der Waals surface area (Å²) in [6.07, 6.45) is 2.37. The molecule has 0 bridgehead atoms. The molecular formula is C12H17NO3. The van der Waals surface area contributed by atoms with E-state index in [2.05, 4.69) is 12.1 Å². The molecule has 4 nitrogen and oxygen atoms in total. The molecule has 0 amide bonds. The normalized spacial score (nSPS) is 11.9. The van der Waals surface area contributed by atoms with Gasteiger partial charge in [-0.3, -0.25) is 0 Å². The van der Waals surface area contributed by atoms with Gasteiger partial charge in [0.05, 0.1) is 20.3 Å². The van der Waals surface area contributed by atoms with Crippen LogP contribution in [-0.4, -0.2) is 19.4 Å². The number of nitrogens with one attached hydrogen (secondary N) is 1. The summed E-state index contributed by atoms with van der Waals surface area (Å²) in [5.74, 6) is 1.31. The summed E-state index contributed by atoms with van der Waals surface area (Å²) in [6, 6.07) is 5.33. The van der Waals surface area contributed by atoms with Gasteiger partial charge in [0, 0.05) is 0 Å². The molecule has 2 N–H and O–H groups in total. The summed E-state index contributed by atoms with van der Waals surface area (Å²) in [7, 11) is 3.17. The quantitative estimate of drug-likeness (QED) is 0.574. The largest absolute Gasteiger partial charge is 0.493 e. The van der Waals surface area contributed by atoms with Gasteiger partial charge in [0.2, 0.25) is 0 Å². The Hall–Kier alpha value is -1.52. The van der Waals surface area contributed by atoms with Gasteiger partial charge in [0.1, 0.15) is 0 Å². The molecule has 1 aromatic carbocycles. The Morgan fingerprint density at radius 2 is 2.06 bits per heavy atom. The number of rotatable bonds is 6. The molecule has 1 rings (SSSR count). The van der Waals surface area contributed by atoms with E-state index in [1.54, 1.807) is 20.3 Å². The van der Waals surface area contributed by atoms with Gasteiger partial charge < -0.3 is 14.7 Å². The lowest BCUT2D eigenvalue weighted by Gasteiger charge is -2.15. The second kappa shape index (κ2) is 6.15. The number of benzene rings is 1. The van der Waals surface area contributed by atoms with E-state index in [1.165, 1.54) is 0 Å². The minimum absolute atomic E-state index is 0.183. The van der Waals surface area contributed by atoms with Gasteiger partial charge in [-0.2, -0.15) is 5.48 Å². The van der Waals surface area contributed by atoms with Crippen LogP contribution in [0.15, 0.2) is 30.9 Å². The van der Waals surface area contributed by atoms with Crippen molar-refractivity contribution in [2.45, 2.75) is 12.5 Å². The summed E-state index contributed by atoms with van der Waals surface area (Å²) in [5, 5.41) is 9.03. The van der Waals surface area contributed by atoms with E-state index in [-0.39, 0.29) is 6.04 Å². The molecule has 0 aliphatic carbocycles. The Morgan fingerprint density at radius 1 is 1.38 bits per heavy atom. The van der Waals surface area contributed by atoms with E-state index in [0.29, 0.717) is 17.9 Å². The fraction of sp³-hybridized carbons (Fsp3) is 0.333. The molecule has 1 aromatic rings. The van der Waals surface area contributed by atoms with Crippen molar-refractivity contribution in [2.24, 2.45) is 0 Å². The number of hydroxylamine groups is 1. The Labute approximate surface area is 95.5 Å². The molecule has 4 heteroatoms. The highest BCUT2D eigenvalue weighted by atomic mass is 16.5. The number of ether oxygens (including phenoxy) is 2. The molecule has 1 unspecified atom stereocenters. The Kier molecular flexibility index (Phi) is 4.82. The molecule has 16 heavy (non-hydrogen) atoms. The smallest absolute Gasteiger partial charge is 0.161 e. The first-order valence-electron chi connectivity index (χ1n) is 4.99. The number of methoxy groups -OCH3 is 2. The van der Waals surface area contributed by atoms with Crippen molar-refractivity contribution < 1.29 is 14.7 Å².